The molecule has 15 heavy (non-hydrogen) atoms. The van der Waals surface area contributed by atoms with Gasteiger partial charge in [-0.3, -0.25) is 4.79 Å². The number of phenolic OH excluding ortho intramolecular Hbond substituents is 1. The van der Waals surface area contributed by atoms with E-state index < -0.39 is 0 Å². The van der Waals surface area contributed by atoms with E-state index >= 15 is 0 Å². The van der Waals surface area contributed by atoms with Crippen LogP contribution in [-0.2, 0) is 4.79 Å². The van der Waals surface area contributed by atoms with Gasteiger partial charge in [-0.15, -0.1) is 0 Å². The number of carbonyl (C=O) groups is 1. The van der Waals surface area contributed by atoms with Crippen LogP contribution in [0, 0.1) is 5.92 Å². The minimum atomic E-state index is -0.232. The molecule has 0 saturated carbocycles. The first-order chi connectivity index (χ1) is 7.27. The number of phenols is 1. The van der Waals surface area contributed by atoms with E-state index in [0.717, 1.165) is 0 Å². The Bertz CT molecular complexity index is 423. The summed E-state index contributed by atoms with van der Waals surface area (Å²) in [6, 6.07) is 6.67. The average Bonchev–Trinajstić information content (AvgIpc) is 2.74. The number of carbonyl (C=O) groups excluding carboxylic acids is 1. The lowest BCUT2D eigenvalue weighted by atomic mass is 10.1. The van der Waals surface area contributed by atoms with Crippen molar-refractivity contribution in [2.75, 3.05) is 5.32 Å². The second kappa shape index (κ2) is 4.00. The van der Waals surface area contributed by atoms with E-state index in [4.69, 9.17) is 0 Å². The molecule has 76 valence electrons. The van der Waals surface area contributed by atoms with Crippen LogP contribution in [0.25, 0.3) is 0 Å². The number of anilines is 1. The predicted octanol–water partition coefficient (Wildman–Crippen LogP) is 2.07. The molecular weight excluding hydrogens is 190 g/mol. The summed E-state index contributed by atoms with van der Waals surface area (Å²) in [6.45, 7) is 0. The third-order valence-corrected chi connectivity index (χ3v) is 2.21. The third kappa shape index (κ3) is 2.07. The summed E-state index contributed by atoms with van der Waals surface area (Å²) in [5.74, 6) is -0.289. The van der Waals surface area contributed by atoms with Crippen molar-refractivity contribution in [3.05, 3.63) is 48.6 Å². The molecule has 0 saturated heterocycles. The van der Waals surface area contributed by atoms with Crippen molar-refractivity contribution in [2.24, 2.45) is 5.92 Å². The van der Waals surface area contributed by atoms with E-state index in [-0.39, 0.29) is 17.6 Å². The Hall–Kier alpha value is -2.03. The van der Waals surface area contributed by atoms with E-state index in [9.17, 15) is 9.90 Å². The van der Waals surface area contributed by atoms with Crippen LogP contribution in [0.4, 0.5) is 5.69 Å². The molecule has 0 aliphatic heterocycles. The molecule has 1 aromatic carbocycles. The second-order valence-electron chi connectivity index (χ2n) is 3.30. The van der Waals surface area contributed by atoms with Crippen LogP contribution in [0.1, 0.15) is 0 Å². The van der Waals surface area contributed by atoms with Gasteiger partial charge < -0.3 is 10.4 Å². The van der Waals surface area contributed by atoms with Gasteiger partial charge in [-0.05, 0) is 12.1 Å². The standard InChI is InChI=1S/C12H11NO2/c14-11-8-4-3-7-10(11)13-12(15)9-5-1-2-6-9/h1-9,14H,(H,13,15). The van der Waals surface area contributed by atoms with Crippen molar-refractivity contribution in [3.63, 3.8) is 0 Å². The van der Waals surface area contributed by atoms with Gasteiger partial charge in [-0.25, -0.2) is 0 Å². The fourth-order valence-electron chi connectivity index (χ4n) is 1.40. The van der Waals surface area contributed by atoms with Crippen LogP contribution in [-0.4, -0.2) is 11.0 Å². The number of para-hydroxylation sites is 2. The predicted molar refractivity (Wildman–Crippen MR) is 58.5 cm³/mol. The fraction of sp³-hybridized carbons (Fsp3) is 0.0833. The molecule has 0 bridgehead atoms. The number of aromatic hydroxyl groups is 1. The molecule has 0 atom stereocenters. The largest absolute Gasteiger partial charge is 0.506 e. The van der Waals surface area contributed by atoms with Gasteiger partial charge in [0.05, 0.1) is 11.6 Å². The number of amides is 1. The Labute approximate surface area is 87.7 Å². The molecular formula is C12H11NO2. The molecule has 1 aliphatic carbocycles. The Balaban J connectivity index is 2.09. The lowest BCUT2D eigenvalue weighted by Gasteiger charge is -2.08. The molecule has 0 spiro atoms. The van der Waals surface area contributed by atoms with Gasteiger partial charge in [0, 0.05) is 0 Å². The lowest BCUT2D eigenvalue weighted by Crippen LogP contribution is -2.18. The average molecular weight is 201 g/mol. The molecule has 0 aromatic heterocycles. The smallest absolute Gasteiger partial charge is 0.235 e. The first-order valence-corrected chi connectivity index (χ1v) is 4.71. The Morgan fingerprint density at radius 1 is 1.20 bits per heavy atom. The molecule has 2 N–H and O–H groups in total. The number of rotatable bonds is 2. The molecule has 0 heterocycles. The highest BCUT2D eigenvalue weighted by atomic mass is 16.3. The van der Waals surface area contributed by atoms with Gasteiger partial charge >= 0.3 is 0 Å². The molecule has 2 rings (SSSR count). The number of nitrogens with one attached hydrogen (secondary N) is 1. The van der Waals surface area contributed by atoms with Crippen molar-refractivity contribution in [3.8, 4) is 5.75 Å². The maximum Gasteiger partial charge on any atom is 0.235 e. The number of benzene rings is 1. The molecule has 1 aromatic rings. The van der Waals surface area contributed by atoms with Crippen molar-refractivity contribution in [1.29, 1.82) is 0 Å². The van der Waals surface area contributed by atoms with Crippen LogP contribution in [0.3, 0.4) is 0 Å². The Morgan fingerprint density at radius 2 is 1.87 bits per heavy atom. The molecule has 1 aliphatic rings. The lowest BCUT2D eigenvalue weighted by molar-refractivity contribution is -0.117. The van der Waals surface area contributed by atoms with Gasteiger partial charge in [0.25, 0.3) is 0 Å². The minimum absolute atomic E-state index is 0.0804. The van der Waals surface area contributed by atoms with E-state index in [0.29, 0.717) is 5.69 Å². The monoisotopic (exact) mass is 201 g/mol. The SMILES string of the molecule is O=C(Nc1ccccc1O)C1C=CC=C1. The first kappa shape index (κ1) is 9.52. The zero-order valence-electron chi connectivity index (χ0n) is 8.05. The molecule has 1 amide bonds. The van der Waals surface area contributed by atoms with Gasteiger partial charge in [0.2, 0.25) is 5.91 Å². The normalized spacial score (nSPS) is 14.4. The zero-order valence-corrected chi connectivity index (χ0v) is 8.05. The quantitative estimate of drug-likeness (QED) is 0.719. The van der Waals surface area contributed by atoms with Crippen molar-refractivity contribution >= 4 is 11.6 Å². The van der Waals surface area contributed by atoms with Crippen LogP contribution < -0.4 is 5.32 Å². The maximum atomic E-state index is 11.6. The maximum absolute atomic E-state index is 11.6. The van der Waals surface area contributed by atoms with E-state index in [1.54, 1.807) is 30.4 Å². The second-order valence-corrected chi connectivity index (χ2v) is 3.30. The van der Waals surface area contributed by atoms with Gasteiger partial charge in [0.1, 0.15) is 5.75 Å². The van der Waals surface area contributed by atoms with Crippen LogP contribution >= 0.6 is 0 Å². The highest BCUT2D eigenvalue weighted by molar-refractivity contribution is 5.96. The third-order valence-electron chi connectivity index (χ3n) is 2.21. The van der Waals surface area contributed by atoms with Crippen LogP contribution in [0.5, 0.6) is 5.75 Å². The van der Waals surface area contributed by atoms with Gasteiger partial charge in [0.15, 0.2) is 0 Å². The van der Waals surface area contributed by atoms with Gasteiger partial charge in [-0.1, -0.05) is 36.4 Å². The summed E-state index contributed by atoms with van der Waals surface area (Å²) in [7, 11) is 0. The topological polar surface area (TPSA) is 49.3 Å². The summed E-state index contributed by atoms with van der Waals surface area (Å²) >= 11 is 0. The van der Waals surface area contributed by atoms with E-state index in [1.165, 1.54) is 6.07 Å². The first-order valence-electron chi connectivity index (χ1n) is 4.71. The number of allylic oxidation sites excluding steroid dienone is 2. The van der Waals surface area contributed by atoms with Crippen molar-refractivity contribution in [2.45, 2.75) is 0 Å². The Morgan fingerprint density at radius 3 is 2.53 bits per heavy atom. The summed E-state index contributed by atoms with van der Waals surface area (Å²) in [5, 5.41) is 12.1. The highest BCUT2D eigenvalue weighted by Crippen LogP contribution is 2.22. The Kier molecular flexibility index (Phi) is 2.54. The fourth-order valence-corrected chi connectivity index (χ4v) is 1.40. The van der Waals surface area contributed by atoms with Crippen molar-refractivity contribution in [1.82, 2.24) is 0 Å². The summed E-state index contributed by atoms with van der Waals surface area (Å²) < 4.78 is 0. The summed E-state index contributed by atoms with van der Waals surface area (Å²) in [5.41, 5.74) is 0.441. The molecule has 0 fully saturated rings. The highest BCUT2D eigenvalue weighted by Gasteiger charge is 2.15. The molecule has 3 nitrogen and oxygen atoms in total. The summed E-state index contributed by atoms with van der Waals surface area (Å²) in [6.07, 6.45) is 7.26. The van der Waals surface area contributed by atoms with E-state index in [2.05, 4.69) is 5.32 Å². The molecule has 3 heteroatoms. The molecule has 0 radical (unpaired) electrons. The van der Waals surface area contributed by atoms with Gasteiger partial charge in [-0.2, -0.15) is 0 Å². The van der Waals surface area contributed by atoms with E-state index in [1.807, 2.05) is 12.2 Å². The van der Waals surface area contributed by atoms with Crippen LogP contribution in [0.2, 0.25) is 0 Å². The number of hydrogen-bond acceptors (Lipinski definition) is 2. The number of hydrogen-bond donors (Lipinski definition) is 2. The molecule has 0 unspecified atom stereocenters. The van der Waals surface area contributed by atoms with Crippen molar-refractivity contribution < 1.29 is 9.90 Å². The summed E-state index contributed by atoms with van der Waals surface area (Å²) in [4.78, 5) is 11.6. The zero-order chi connectivity index (χ0) is 10.7. The van der Waals surface area contributed by atoms with Crippen LogP contribution in [0.15, 0.2) is 48.6 Å². The minimum Gasteiger partial charge on any atom is -0.506 e.